The van der Waals surface area contributed by atoms with E-state index in [-0.39, 0.29) is 5.92 Å². The molecule has 1 aromatic carbocycles. The minimum atomic E-state index is 0.0312. The molecule has 1 unspecified atom stereocenters. The zero-order valence-corrected chi connectivity index (χ0v) is 16.8. The summed E-state index contributed by atoms with van der Waals surface area (Å²) in [6.07, 6.45) is 9.11. The van der Waals surface area contributed by atoms with E-state index in [9.17, 15) is 4.79 Å². The summed E-state index contributed by atoms with van der Waals surface area (Å²) in [4.78, 5) is 17.8. The average Bonchev–Trinajstić information content (AvgIpc) is 3.29. The number of amides is 1. The van der Waals surface area contributed by atoms with Crippen molar-refractivity contribution in [2.24, 2.45) is 5.92 Å². The van der Waals surface area contributed by atoms with Crippen LogP contribution >= 0.6 is 23.2 Å². The summed E-state index contributed by atoms with van der Waals surface area (Å²) in [7, 11) is 0. The third kappa shape index (κ3) is 3.76. The van der Waals surface area contributed by atoms with Crippen LogP contribution in [-0.2, 0) is 11.2 Å². The fourth-order valence-corrected chi connectivity index (χ4v) is 5.68. The number of carbonyl (C=O) groups excluding carboxylic acids is 1. The molecule has 0 aromatic heterocycles. The Hall–Kier alpha value is -0.770. The molecule has 3 aliphatic rings. The monoisotopic (exact) mass is 394 g/mol. The molecular formula is C21H28Cl2N2O. The van der Waals surface area contributed by atoms with Crippen molar-refractivity contribution in [3.05, 3.63) is 33.8 Å². The fourth-order valence-electron chi connectivity index (χ4n) is 5.13. The molecule has 26 heavy (non-hydrogen) atoms. The van der Waals surface area contributed by atoms with Gasteiger partial charge in [0.15, 0.2) is 0 Å². The molecule has 2 aliphatic heterocycles. The maximum Gasteiger partial charge on any atom is 0.226 e. The van der Waals surface area contributed by atoms with Gasteiger partial charge >= 0.3 is 0 Å². The maximum absolute atomic E-state index is 13.0. The average molecular weight is 395 g/mol. The van der Waals surface area contributed by atoms with Gasteiger partial charge in [-0.15, -0.1) is 0 Å². The highest BCUT2D eigenvalue weighted by Gasteiger charge is 2.38. The normalized spacial score (nSPS) is 30.3. The Kier molecular flexibility index (Phi) is 5.78. The Morgan fingerprint density at radius 1 is 0.885 bits per heavy atom. The molecule has 1 amide bonds. The Morgan fingerprint density at radius 2 is 1.50 bits per heavy atom. The lowest BCUT2D eigenvalue weighted by molar-refractivity contribution is -0.133. The number of likely N-dealkylation sites (tertiary alicyclic amines) is 2. The summed E-state index contributed by atoms with van der Waals surface area (Å²) in [6, 6.07) is 6.77. The van der Waals surface area contributed by atoms with Crippen molar-refractivity contribution in [2.75, 3.05) is 19.6 Å². The summed E-state index contributed by atoms with van der Waals surface area (Å²) in [6.45, 7) is 3.45. The van der Waals surface area contributed by atoms with Gasteiger partial charge in [0.05, 0.1) is 0 Å². The first-order valence-corrected chi connectivity index (χ1v) is 10.9. The van der Waals surface area contributed by atoms with Crippen LogP contribution in [0, 0.1) is 5.92 Å². The van der Waals surface area contributed by atoms with Gasteiger partial charge in [0, 0.05) is 34.6 Å². The fraction of sp³-hybridized carbons (Fsp3) is 0.667. The van der Waals surface area contributed by atoms with Crippen LogP contribution in [0.4, 0.5) is 0 Å². The highest BCUT2D eigenvalue weighted by Crippen LogP contribution is 2.35. The Bertz CT molecular complexity index is 631. The summed E-state index contributed by atoms with van der Waals surface area (Å²) in [5, 5.41) is 1.35. The van der Waals surface area contributed by atoms with Crippen molar-refractivity contribution in [1.29, 1.82) is 0 Å². The summed E-state index contributed by atoms with van der Waals surface area (Å²) < 4.78 is 0. The molecule has 1 aromatic rings. The van der Waals surface area contributed by atoms with Gasteiger partial charge in [-0.3, -0.25) is 4.79 Å². The molecule has 3 fully saturated rings. The van der Waals surface area contributed by atoms with Crippen LogP contribution in [0.3, 0.4) is 0 Å². The molecule has 2 saturated heterocycles. The SMILES string of the molecule is O=C1C(Cc2c(Cl)cccc2Cl)CCN1C1CCC(N2CCCC2)CC1. The van der Waals surface area contributed by atoms with Crippen LogP contribution in [0.25, 0.3) is 0 Å². The lowest BCUT2D eigenvalue weighted by Gasteiger charge is -2.38. The van der Waals surface area contributed by atoms with E-state index in [2.05, 4.69) is 9.80 Å². The molecule has 0 spiro atoms. The summed E-state index contributed by atoms with van der Waals surface area (Å²) >= 11 is 12.6. The van der Waals surface area contributed by atoms with Gasteiger partial charge in [0.25, 0.3) is 0 Å². The van der Waals surface area contributed by atoms with Crippen LogP contribution in [0.1, 0.15) is 50.5 Å². The molecule has 2 heterocycles. The first kappa shape index (κ1) is 18.6. The smallest absolute Gasteiger partial charge is 0.226 e. The van der Waals surface area contributed by atoms with Crippen molar-refractivity contribution in [2.45, 2.75) is 63.5 Å². The number of carbonyl (C=O) groups is 1. The number of rotatable bonds is 4. The maximum atomic E-state index is 13.0. The first-order chi connectivity index (χ1) is 12.6. The third-order valence-electron chi connectivity index (χ3n) is 6.63. The third-order valence-corrected chi connectivity index (χ3v) is 7.34. The largest absolute Gasteiger partial charge is 0.339 e. The van der Waals surface area contributed by atoms with E-state index >= 15 is 0 Å². The van der Waals surface area contributed by atoms with Crippen molar-refractivity contribution in [3.63, 3.8) is 0 Å². The Balaban J connectivity index is 1.34. The zero-order chi connectivity index (χ0) is 18.1. The molecule has 0 N–H and O–H groups in total. The molecule has 1 saturated carbocycles. The van der Waals surface area contributed by atoms with E-state index in [0.29, 0.717) is 28.4 Å². The minimum Gasteiger partial charge on any atom is -0.339 e. The summed E-state index contributed by atoms with van der Waals surface area (Å²) in [5.74, 6) is 0.342. The number of hydrogen-bond donors (Lipinski definition) is 0. The van der Waals surface area contributed by atoms with Gasteiger partial charge in [-0.05, 0) is 82.2 Å². The van der Waals surface area contributed by atoms with Gasteiger partial charge in [-0.2, -0.15) is 0 Å². The second-order valence-electron chi connectivity index (χ2n) is 8.13. The second-order valence-corrected chi connectivity index (χ2v) is 8.94. The lowest BCUT2D eigenvalue weighted by atomic mass is 9.89. The minimum absolute atomic E-state index is 0.0312. The van der Waals surface area contributed by atoms with Crippen molar-refractivity contribution in [1.82, 2.24) is 9.80 Å². The lowest BCUT2D eigenvalue weighted by Crippen LogP contribution is -2.44. The summed E-state index contributed by atoms with van der Waals surface area (Å²) in [5.41, 5.74) is 0.925. The Morgan fingerprint density at radius 3 is 2.15 bits per heavy atom. The van der Waals surface area contributed by atoms with Crippen LogP contribution in [-0.4, -0.2) is 47.4 Å². The predicted octanol–water partition coefficient (Wildman–Crippen LogP) is 4.79. The second kappa shape index (κ2) is 8.08. The number of benzene rings is 1. The highest BCUT2D eigenvalue weighted by molar-refractivity contribution is 6.36. The zero-order valence-electron chi connectivity index (χ0n) is 15.3. The molecule has 5 heteroatoms. The molecule has 4 rings (SSSR count). The van der Waals surface area contributed by atoms with Crippen molar-refractivity contribution in [3.8, 4) is 0 Å². The first-order valence-electron chi connectivity index (χ1n) is 10.1. The van der Waals surface area contributed by atoms with E-state index in [4.69, 9.17) is 23.2 Å². The van der Waals surface area contributed by atoms with Crippen LogP contribution in [0.15, 0.2) is 18.2 Å². The van der Waals surface area contributed by atoms with E-state index in [0.717, 1.165) is 37.4 Å². The van der Waals surface area contributed by atoms with E-state index in [1.54, 1.807) is 0 Å². The van der Waals surface area contributed by atoms with Crippen LogP contribution in [0.2, 0.25) is 10.0 Å². The van der Waals surface area contributed by atoms with Crippen molar-refractivity contribution >= 4 is 29.1 Å². The number of hydrogen-bond acceptors (Lipinski definition) is 2. The molecular weight excluding hydrogens is 367 g/mol. The number of nitrogens with zero attached hydrogens (tertiary/aromatic N) is 2. The quantitative estimate of drug-likeness (QED) is 0.732. The molecule has 0 bridgehead atoms. The van der Waals surface area contributed by atoms with Gasteiger partial charge in [0.1, 0.15) is 0 Å². The van der Waals surface area contributed by atoms with E-state index in [1.807, 2.05) is 18.2 Å². The topological polar surface area (TPSA) is 23.6 Å². The van der Waals surface area contributed by atoms with Crippen molar-refractivity contribution < 1.29 is 4.79 Å². The van der Waals surface area contributed by atoms with Gasteiger partial charge in [-0.25, -0.2) is 0 Å². The number of halogens is 2. The molecule has 1 aliphatic carbocycles. The van der Waals surface area contributed by atoms with Gasteiger partial charge in [-0.1, -0.05) is 29.3 Å². The standard InChI is InChI=1S/C21H28Cl2N2O/c22-19-4-3-5-20(23)18(19)14-15-10-13-25(21(15)26)17-8-6-16(7-9-17)24-11-1-2-12-24/h3-5,15-17H,1-2,6-14H2. The molecule has 1 atom stereocenters. The van der Waals surface area contributed by atoms with Crippen LogP contribution in [0.5, 0.6) is 0 Å². The molecule has 3 nitrogen and oxygen atoms in total. The van der Waals surface area contributed by atoms with E-state index in [1.165, 1.54) is 38.8 Å². The highest BCUT2D eigenvalue weighted by atomic mass is 35.5. The van der Waals surface area contributed by atoms with E-state index < -0.39 is 0 Å². The van der Waals surface area contributed by atoms with Gasteiger partial charge in [0.2, 0.25) is 5.91 Å². The van der Waals surface area contributed by atoms with Crippen LogP contribution < -0.4 is 0 Å². The predicted molar refractivity (Wildman–Crippen MR) is 107 cm³/mol. The Labute approximate surface area is 166 Å². The molecule has 142 valence electrons. The molecule has 0 radical (unpaired) electrons. The van der Waals surface area contributed by atoms with Gasteiger partial charge < -0.3 is 9.80 Å².